The first-order valence-corrected chi connectivity index (χ1v) is 9.17. The molecule has 1 atom stereocenters. The molecular formula is C17H33KN4O. The van der Waals surface area contributed by atoms with Crippen molar-refractivity contribution >= 4 is 0 Å². The van der Waals surface area contributed by atoms with E-state index in [1.54, 1.807) is 0 Å². The molecule has 3 rings (SSSR count). The van der Waals surface area contributed by atoms with Crippen LogP contribution in [0.1, 0.15) is 26.7 Å². The molecule has 23 heavy (non-hydrogen) atoms. The number of nitrogens with zero attached hydrogens (tertiary/aromatic N) is 4. The van der Waals surface area contributed by atoms with E-state index in [1.807, 2.05) is 0 Å². The Balaban J connectivity index is 0.00000192. The Morgan fingerprint density at radius 3 is 2.39 bits per heavy atom. The van der Waals surface area contributed by atoms with Crippen molar-refractivity contribution in [3.05, 3.63) is 5.32 Å². The summed E-state index contributed by atoms with van der Waals surface area (Å²) in [6.45, 7) is 15.8. The summed E-state index contributed by atoms with van der Waals surface area (Å²) >= 11 is 0. The third-order valence-electron chi connectivity index (χ3n) is 5.53. The van der Waals surface area contributed by atoms with Gasteiger partial charge in [0.25, 0.3) is 0 Å². The van der Waals surface area contributed by atoms with E-state index in [1.165, 1.54) is 39.0 Å². The molecule has 3 aliphatic heterocycles. The van der Waals surface area contributed by atoms with Crippen molar-refractivity contribution in [3.8, 4) is 0 Å². The number of hydrogen-bond donors (Lipinski definition) is 0. The predicted molar refractivity (Wildman–Crippen MR) is 90.6 cm³/mol. The number of hydrogen-bond acceptors (Lipinski definition) is 4. The van der Waals surface area contributed by atoms with Crippen LogP contribution in [-0.2, 0) is 4.74 Å². The molecule has 0 spiro atoms. The van der Waals surface area contributed by atoms with Gasteiger partial charge in [0, 0.05) is 57.9 Å². The molecule has 128 valence electrons. The van der Waals surface area contributed by atoms with E-state index in [9.17, 15) is 0 Å². The van der Waals surface area contributed by atoms with Gasteiger partial charge in [-0.05, 0) is 13.8 Å². The average molecular weight is 349 g/mol. The first kappa shape index (κ1) is 20.7. The quantitative estimate of drug-likeness (QED) is 0.565. The summed E-state index contributed by atoms with van der Waals surface area (Å²) < 4.78 is 6.06. The minimum absolute atomic E-state index is 0. The van der Waals surface area contributed by atoms with Crippen LogP contribution < -0.4 is 51.4 Å². The van der Waals surface area contributed by atoms with E-state index in [2.05, 4.69) is 33.9 Å². The van der Waals surface area contributed by atoms with E-state index < -0.39 is 0 Å². The van der Waals surface area contributed by atoms with Crippen molar-refractivity contribution in [1.82, 2.24) is 14.7 Å². The molecule has 3 aliphatic rings. The topological polar surface area (TPSA) is 33.0 Å². The monoisotopic (exact) mass is 348 g/mol. The van der Waals surface area contributed by atoms with Gasteiger partial charge in [0.2, 0.25) is 0 Å². The molecule has 0 aromatic heterocycles. The Kier molecular flexibility index (Phi) is 9.52. The van der Waals surface area contributed by atoms with Crippen LogP contribution in [0.15, 0.2) is 0 Å². The van der Waals surface area contributed by atoms with Gasteiger partial charge in [0.15, 0.2) is 0 Å². The van der Waals surface area contributed by atoms with Crippen LogP contribution in [0.4, 0.5) is 0 Å². The molecular weight excluding hydrogens is 315 g/mol. The van der Waals surface area contributed by atoms with Gasteiger partial charge in [-0.15, -0.1) is 13.1 Å². The van der Waals surface area contributed by atoms with Crippen LogP contribution in [-0.4, -0.2) is 98.4 Å². The first-order valence-electron chi connectivity index (χ1n) is 9.17. The van der Waals surface area contributed by atoms with E-state index in [4.69, 9.17) is 4.74 Å². The fraction of sp³-hybridized carbons (Fsp3) is 1.00. The molecule has 1 unspecified atom stereocenters. The summed E-state index contributed by atoms with van der Waals surface area (Å²) in [7, 11) is 0. The fourth-order valence-electron chi connectivity index (χ4n) is 4.04. The average Bonchev–Trinajstić information content (AvgIpc) is 2.56. The molecule has 3 saturated heterocycles. The van der Waals surface area contributed by atoms with E-state index >= 15 is 0 Å². The number of piperazine rings is 1. The Morgan fingerprint density at radius 2 is 1.74 bits per heavy atom. The van der Waals surface area contributed by atoms with Crippen LogP contribution in [0.3, 0.4) is 0 Å². The number of ether oxygens (including phenoxy) is 1. The van der Waals surface area contributed by atoms with E-state index in [0.29, 0.717) is 12.1 Å². The van der Waals surface area contributed by atoms with Gasteiger partial charge in [0.05, 0.1) is 12.7 Å². The zero-order chi connectivity index (χ0) is 15.4. The smallest absolute Gasteiger partial charge is 0.662 e. The molecule has 3 fully saturated rings. The molecule has 5 nitrogen and oxygen atoms in total. The minimum Gasteiger partial charge on any atom is -0.662 e. The summed E-state index contributed by atoms with van der Waals surface area (Å²) in [6, 6.07) is 1.43. The van der Waals surface area contributed by atoms with Crippen molar-refractivity contribution in [1.29, 1.82) is 0 Å². The van der Waals surface area contributed by atoms with Crippen molar-refractivity contribution in [2.45, 2.75) is 44.9 Å². The largest absolute Gasteiger partial charge is 1.00 e. The van der Waals surface area contributed by atoms with Crippen molar-refractivity contribution in [2.75, 3.05) is 65.5 Å². The van der Waals surface area contributed by atoms with Gasteiger partial charge < -0.3 is 10.1 Å². The number of rotatable bonds is 4. The molecule has 0 N–H and O–H groups in total. The molecule has 0 saturated carbocycles. The molecule has 0 amide bonds. The summed E-state index contributed by atoms with van der Waals surface area (Å²) in [5.41, 5.74) is 0. The first-order chi connectivity index (χ1) is 10.7. The van der Waals surface area contributed by atoms with Gasteiger partial charge in [-0.2, -0.15) is 0 Å². The number of piperidine rings is 1. The fourth-order valence-corrected chi connectivity index (χ4v) is 4.04. The number of morpholine rings is 1. The van der Waals surface area contributed by atoms with Crippen molar-refractivity contribution in [3.63, 3.8) is 0 Å². The molecule has 0 aromatic rings. The molecule has 0 bridgehead atoms. The molecule has 3 heterocycles. The summed E-state index contributed by atoms with van der Waals surface area (Å²) in [5.74, 6) is 0. The third-order valence-corrected chi connectivity index (χ3v) is 5.53. The van der Waals surface area contributed by atoms with Crippen molar-refractivity contribution < 1.29 is 56.1 Å². The van der Waals surface area contributed by atoms with E-state index in [-0.39, 0.29) is 51.4 Å². The minimum atomic E-state index is 0. The molecule has 0 aliphatic carbocycles. The van der Waals surface area contributed by atoms with Gasteiger partial charge in [0.1, 0.15) is 0 Å². The predicted octanol–water partition coefficient (Wildman–Crippen LogP) is -1.75. The van der Waals surface area contributed by atoms with Gasteiger partial charge in [-0.25, -0.2) is 0 Å². The zero-order valence-electron chi connectivity index (χ0n) is 15.4. The zero-order valence-corrected chi connectivity index (χ0v) is 18.5. The SMILES string of the molecule is CC(C)N1CCN(CC2CN(C3CC[N-]CC3)CCO2)CC1.[K+]. The van der Waals surface area contributed by atoms with Gasteiger partial charge in [-0.3, -0.25) is 14.7 Å². The Hall–Kier alpha value is 1.44. The molecule has 6 heteroatoms. The van der Waals surface area contributed by atoms with Crippen LogP contribution in [0.5, 0.6) is 0 Å². The molecule has 0 radical (unpaired) electrons. The summed E-state index contributed by atoms with van der Waals surface area (Å²) in [6.07, 6.45) is 2.90. The van der Waals surface area contributed by atoms with Crippen molar-refractivity contribution in [2.24, 2.45) is 0 Å². The Bertz CT molecular complexity index is 331. The maximum Gasteiger partial charge on any atom is 1.00 e. The van der Waals surface area contributed by atoms with Crippen LogP contribution in [0.25, 0.3) is 5.32 Å². The van der Waals surface area contributed by atoms with Crippen LogP contribution in [0.2, 0.25) is 0 Å². The maximum absolute atomic E-state index is 6.06. The molecule has 0 aromatic carbocycles. The Morgan fingerprint density at radius 1 is 1.04 bits per heavy atom. The van der Waals surface area contributed by atoms with Crippen LogP contribution >= 0.6 is 0 Å². The Labute approximate surface area is 184 Å². The van der Waals surface area contributed by atoms with Gasteiger partial charge in [-0.1, -0.05) is 12.8 Å². The standard InChI is InChI=1S/C17H33N4O.K/c1-15(2)20-9-7-19(8-10-20)13-17-14-21(11-12-22-17)16-3-5-18-6-4-16;/h15-17H,3-14H2,1-2H3;/q-1;+1. The van der Waals surface area contributed by atoms with E-state index in [0.717, 1.165) is 45.4 Å². The normalized spacial score (nSPS) is 29.6. The van der Waals surface area contributed by atoms with Crippen LogP contribution in [0, 0.1) is 0 Å². The summed E-state index contributed by atoms with van der Waals surface area (Å²) in [4.78, 5) is 7.85. The summed E-state index contributed by atoms with van der Waals surface area (Å²) in [5, 5.41) is 4.49. The maximum atomic E-state index is 6.06. The second kappa shape index (κ2) is 10.6. The second-order valence-electron chi connectivity index (χ2n) is 7.32. The third kappa shape index (κ3) is 6.27. The van der Waals surface area contributed by atoms with Gasteiger partial charge >= 0.3 is 51.4 Å². The second-order valence-corrected chi connectivity index (χ2v) is 7.32.